The molecule has 1 saturated heterocycles. The first-order valence-corrected chi connectivity index (χ1v) is 7.67. The van der Waals surface area contributed by atoms with Crippen LogP contribution >= 0.6 is 23.5 Å². The van der Waals surface area contributed by atoms with Crippen LogP contribution in [0.5, 0.6) is 0 Å². The van der Waals surface area contributed by atoms with Crippen LogP contribution in [0.25, 0.3) is 0 Å². The molecule has 0 spiro atoms. The monoisotopic (exact) mass is 255 g/mol. The van der Waals surface area contributed by atoms with Crippen LogP contribution < -0.4 is 5.73 Å². The highest BCUT2D eigenvalue weighted by Crippen LogP contribution is 2.35. The maximum Gasteiger partial charge on any atom is 0.142 e. The zero-order chi connectivity index (χ0) is 11.5. The van der Waals surface area contributed by atoms with Gasteiger partial charge in [0.2, 0.25) is 0 Å². The van der Waals surface area contributed by atoms with Gasteiger partial charge in [0.25, 0.3) is 0 Å². The minimum absolute atomic E-state index is 0.0161. The number of rotatable bonds is 2. The minimum atomic E-state index is 0.0161. The molecule has 1 unspecified atom stereocenters. The van der Waals surface area contributed by atoms with Crippen LogP contribution in [-0.4, -0.2) is 27.2 Å². The van der Waals surface area contributed by atoms with Crippen LogP contribution in [0.15, 0.2) is 6.20 Å². The van der Waals surface area contributed by atoms with E-state index in [1.54, 1.807) is 0 Å². The van der Waals surface area contributed by atoms with E-state index in [-0.39, 0.29) is 6.04 Å². The SMILES string of the molecule is Cc1nc(C2CSCCS2)ncc1[C@H](C)N. The summed E-state index contributed by atoms with van der Waals surface area (Å²) in [5.41, 5.74) is 7.93. The first-order valence-electron chi connectivity index (χ1n) is 5.47. The number of thioether (sulfide) groups is 2. The molecule has 1 aliphatic rings. The van der Waals surface area contributed by atoms with Crippen molar-refractivity contribution >= 4 is 23.5 Å². The second-order valence-corrected chi connectivity index (χ2v) is 6.45. The molecule has 1 aromatic heterocycles. The molecule has 0 amide bonds. The van der Waals surface area contributed by atoms with Gasteiger partial charge in [0.05, 0.1) is 5.25 Å². The first kappa shape index (κ1) is 12.2. The van der Waals surface area contributed by atoms with Gasteiger partial charge in [-0.25, -0.2) is 9.97 Å². The third-order valence-electron chi connectivity index (χ3n) is 2.63. The maximum atomic E-state index is 5.85. The topological polar surface area (TPSA) is 51.8 Å². The van der Waals surface area contributed by atoms with E-state index in [0.717, 1.165) is 22.8 Å². The predicted molar refractivity (Wildman–Crippen MR) is 71.9 cm³/mol. The van der Waals surface area contributed by atoms with Crippen molar-refractivity contribution in [2.75, 3.05) is 17.3 Å². The van der Waals surface area contributed by atoms with Crippen molar-refractivity contribution in [3.05, 3.63) is 23.3 Å². The van der Waals surface area contributed by atoms with Crippen molar-refractivity contribution in [3.8, 4) is 0 Å². The van der Waals surface area contributed by atoms with E-state index in [9.17, 15) is 0 Å². The van der Waals surface area contributed by atoms with Gasteiger partial charge in [0.15, 0.2) is 0 Å². The molecule has 0 radical (unpaired) electrons. The fourth-order valence-corrected chi connectivity index (χ4v) is 4.34. The van der Waals surface area contributed by atoms with Crippen molar-refractivity contribution in [3.63, 3.8) is 0 Å². The molecule has 0 bridgehead atoms. The summed E-state index contributed by atoms with van der Waals surface area (Å²) in [6.07, 6.45) is 1.89. The summed E-state index contributed by atoms with van der Waals surface area (Å²) >= 11 is 3.95. The molecular weight excluding hydrogens is 238 g/mol. The summed E-state index contributed by atoms with van der Waals surface area (Å²) in [6.45, 7) is 3.99. The summed E-state index contributed by atoms with van der Waals surface area (Å²) in [4.78, 5) is 9.05. The molecule has 2 N–H and O–H groups in total. The average Bonchev–Trinajstić information content (AvgIpc) is 2.29. The Morgan fingerprint density at radius 2 is 2.31 bits per heavy atom. The Hall–Kier alpha value is -0.260. The highest BCUT2D eigenvalue weighted by Gasteiger charge is 2.20. The van der Waals surface area contributed by atoms with Crippen LogP contribution in [0.1, 0.15) is 35.3 Å². The lowest BCUT2D eigenvalue weighted by Gasteiger charge is -2.20. The zero-order valence-corrected chi connectivity index (χ0v) is 11.3. The second-order valence-electron chi connectivity index (χ2n) is 3.99. The molecular formula is C11H17N3S2. The third kappa shape index (κ3) is 2.70. The molecule has 0 aromatic carbocycles. The summed E-state index contributed by atoms with van der Waals surface area (Å²) in [7, 11) is 0. The van der Waals surface area contributed by atoms with E-state index in [1.165, 1.54) is 11.5 Å². The van der Waals surface area contributed by atoms with Crippen LogP contribution in [0.3, 0.4) is 0 Å². The lowest BCUT2D eigenvalue weighted by molar-refractivity contribution is 0.772. The molecule has 5 heteroatoms. The van der Waals surface area contributed by atoms with Crippen LogP contribution in [0.4, 0.5) is 0 Å². The van der Waals surface area contributed by atoms with Crippen LogP contribution in [0.2, 0.25) is 0 Å². The summed E-state index contributed by atoms with van der Waals surface area (Å²) in [5.74, 6) is 4.55. The minimum Gasteiger partial charge on any atom is -0.324 e. The summed E-state index contributed by atoms with van der Waals surface area (Å²) in [6, 6.07) is 0.0161. The van der Waals surface area contributed by atoms with Gasteiger partial charge in [-0.2, -0.15) is 11.8 Å². The molecule has 0 saturated carbocycles. The van der Waals surface area contributed by atoms with E-state index in [2.05, 4.69) is 9.97 Å². The fraction of sp³-hybridized carbons (Fsp3) is 0.636. The molecule has 2 atom stereocenters. The van der Waals surface area contributed by atoms with Crippen molar-refractivity contribution in [2.24, 2.45) is 5.73 Å². The van der Waals surface area contributed by atoms with E-state index in [1.807, 2.05) is 43.6 Å². The van der Waals surface area contributed by atoms with Crippen molar-refractivity contribution in [1.82, 2.24) is 9.97 Å². The Bertz CT molecular complexity index is 362. The Kier molecular flexibility index (Phi) is 4.10. The molecule has 2 heterocycles. The third-order valence-corrected chi connectivity index (χ3v) is 5.38. The van der Waals surface area contributed by atoms with Crippen LogP contribution in [-0.2, 0) is 0 Å². The largest absolute Gasteiger partial charge is 0.324 e. The van der Waals surface area contributed by atoms with Crippen molar-refractivity contribution < 1.29 is 0 Å². The maximum absolute atomic E-state index is 5.85. The Morgan fingerprint density at radius 3 is 2.88 bits per heavy atom. The molecule has 16 heavy (non-hydrogen) atoms. The van der Waals surface area contributed by atoms with Gasteiger partial charge in [0.1, 0.15) is 5.82 Å². The van der Waals surface area contributed by atoms with Gasteiger partial charge in [0, 0.05) is 40.8 Å². The first-order chi connectivity index (χ1) is 7.68. The van der Waals surface area contributed by atoms with Gasteiger partial charge in [-0.1, -0.05) is 0 Å². The predicted octanol–water partition coefficient (Wildman–Crippen LogP) is 2.33. The molecule has 3 nitrogen and oxygen atoms in total. The van der Waals surface area contributed by atoms with Gasteiger partial charge in [-0.3, -0.25) is 0 Å². The zero-order valence-electron chi connectivity index (χ0n) is 9.64. The lowest BCUT2D eigenvalue weighted by Crippen LogP contribution is -2.14. The Morgan fingerprint density at radius 1 is 1.50 bits per heavy atom. The number of nitrogens with two attached hydrogens (primary N) is 1. The Balaban J connectivity index is 2.19. The van der Waals surface area contributed by atoms with Crippen LogP contribution in [0, 0.1) is 6.92 Å². The standard InChI is InChI=1S/C11H17N3S2/c1-7(12)9-5-13-11(14-8(9)2)10-6-15-3-4-16-10/h5,7,10H,3-4,6,12H2,1-2H3/t7-,10?/m0/s1. The highest BCUT2D eigenvalue weighted by molar-refractivity contribution is 8.06. The van der Waals surface area contributed by atoms with E-state index in [4.69, 9.17) is 5.73 Å². The highest BCUT2D eigenvalue weighted by atomic mass is 32.2. The average molecular weight is 255 g/mol. The smallest absolute Gasteiger partial charge is 0.142 e. The summed E-state index contributed by atoms with van der Waals surface area (Å²) in [5, 5.41) is 0.458. The molecule has 0 aliphatic carbocycles. The number of nitrogens with zero attached hydrogens (tertiary/aromatic N) is 2. The second kappa shape index (κ2) is 5.38. The van der Waals surface area contributed by atoms with E-state index >= 15 is 0 Å². The Labute approximate surface area is 105 Å². The van der Waals surface area contributed by atoms with Gasteiger partial charge >= 0.3 is 0 Å². The van der Waals surface area contributed by atoms with E-state index in [0.29, 0.717) is 5.25 Å². The number of hydrogen-bond donors (Lipinski definition) is 1. The van der Waals surface area contributed by atoms with E-state index < -0.39 is 0 Å². The molecule has 88 valence electrons. The van der Waals surface area contributed by atoms with Crippen molar-refractivity contribution in [1.29, 1.82) is 0 Å². The number of aromatic nitrogens is 2. The normalized spacial score (nSPS) is 23.1. The molecule has 2 rings (SSSR count). The van der Waals surface area contributed by atoms with Crippen molar-refractivity contribution in [2.45, 2.75) is 25.1 Å². The quantitative estimate of drug-likeness (QED) is 0.879. The fourth-order valence-electron chi connectivity index (χ4n) is 1.73. The van der Waals surface area contributed by atoms with Gasteiger partial charge in [-0.05, 0) is 13.8 Å². The lowest BCUT2D eigenvalue weighted by atomic mass is 10.1. The molecule has 1 aliphatic heterocycles. The number of hydrogen-bond acceptors (Lipinski definition) is 5. The van der Waals surface area contributed by atoms with Gasteiger partial charge < -0.3 is 5.73 Å². The van der Waals surface area contributed by atoms with Gasteiger partial charge in [-0.15, -0.1) is 11.8 Å². The molecule has 1 aromatic rings. The summed E-state index contributed by atoms with van der Waals surface area (Å²) < 4.78 is 0. The molecule has 1 fully saturated rings. The number of aryl methyl sites for hydroxylation is 1.